The highest BCUT2D eigenvalue weighted by Crippen LogP contribution is 2.31. The summed E-state index contributed by atoms with van der Waals surface area (Å²) in [4.78, 5) is 17.6. The van der Waals surface area contributed by atoms with E-state index in [1.54, 1.807) is 42.2 Å². The molecule has 30 heavy (non-hydrogen) atoms. The maximum absolute atomic E-state index is 13.0. The van der Waals surface area contributed by atoms with Crippen molar-refractivity contribution >= 4 is 51.7 Å². The SMILES string of the molecule is Cn1ncc2c(C(=O)NCCc3ccc(Cl)cc3)cc(-c3ccc(Cl)cc3Cl)nc21. The summed E-state index contributed by atoms with van der Waals surface area (Å²) in [6.07, 6.45) is 2.34. The Labute approximate surface area is 188 Å². The van der Waals surface area contributed by atoms with Crippen molar-refractivity contribution in [2.24, 2.45) is 7.05 Å². The number of benzene rings is 2. The molecule has 0 atom stereocenters. The maximum Gasteiger partial charge on any atom is 0.252 e. The third-order valence-corrected chi connectivity index (χ3v) is 5.57. The average Bonchev–Trinajstić information content (AvgIpc) is 3.09. The fourth-order valence-electron chi connectivity index (χ4n) is 3.20. The third kappa shape index (κ3) is 4.29. The second-order valence-corrected chi connectivity index (χ2v) is 8.10. The van der Waals surface area contributed by atoms with Gasteiger partial charge in [0.15, 0.2) is 5.65 Å². The number of hydrogen-bond donors (Lipinski definition) is 1. The lowest BCUT2D eigenvalue weighted by atomic mass is 10.1. The monoisotopic (exact) mass is 458 g/mol. The Morgan fingerprint density at radius 1 is 1.03 bits per heavy atom. The Morgan fingerprint density at radius 3 is 2.50 bits per heavy atom. The van der Waals surface area contributed by atoms with Crippen LogP contribution in [0.5, 0.6) is 0 Å². The van der Waals surface area contributed by atoms with E-state index in [2.05, 4.69) is 15.4 Å². The number of halogens is 3. The van der Waals surface area contributed by atoms with Crippen LogP contribution in [0, 0.1) is 0 Å². The zero-order valence-corrected chi connectivity index (χ0v) is 18.3. The lowest BCUT2D eigenvalue weighted by Gasteiger charge is -2.10. The number of pyridine rings is 1. The molecule has 1 N–H and O–H groups in total. The standard InChI is InChI=1S/C22H17Cl3N4O/c1-29-21-18(12-27-29)17(11-20(28-21)16-7-6-15(24)10-19(16)25)22(30)26-9-8-13-2-4-14(23)5-3-13/h2-7,10-12H,8-9H2,1H3,(H,26,30). The molecule has 1 amide bonds. The molecule has 4 rings (SSSR count). The van der Waals surface area contributed by atoms with Gasteiger partial charge in [-0.25, -0.2) is 4.98 Å². The van der Waals surface area contributed by atoms with Gasteiger partial charge in [-0.3, -0.25) is 9.48 Å². The van der Waals surface area contributed by atoms with Gasteiger partial charge < -0.3 is 5.32 Å². The summed E-state index contributed by atoms with van der Waals surface area (Å²) in [5.74, 6) is -0.198. The van der Waals surface area contributed by atoms with Crippen LogP contribution in [-0.4, -0.2) is 27.2 Å². The molecule has 0 aliphatic rings. The fourth-order valence-corrected chi connectivity index (χ4v) is 3.84. The molecular formula is C22H17Cl3N4O. The van der Waals surface area contributed by atoms with Gasteiger partial charge >= 0.3 is 0 Å². The van der Waals surface area contributed by atoms with E-state index in [1.165, 1.54) is 0 Å². The Morgan fingerprint density at radius 2 is 1.77 bits per heavy atom. The molecule has 0 bridgehead atoms. The van der Waals surface area contributed by atoms with E-state index in [9.17, 15) is 4.79 Å². The van der Waals surface area contributed by atoms with E-state index < -0.39 is 0 Å². The van der Waals surface area contributed by atoms with Crippen LogP contribution in [0.4, 0.5) is 0 Å². The first-order valence-electron chi connectivity index (χ1n) is 9.23. The summed E-state index contributed by atoms with van der Waals surface area (Å²) in [5, 5.41) is 9.59. The van der Waals surface area contributed by atoms with Crippen LogP contribution in [0.25, 0.3) is 22.3 Å². The van der Waals surface area contributed by atoms with Crippen LogP contribution >= 0.6 is 34.8 Å². The minimum Gasteiger partial charge on any atom is -0.352 e. The lowest BCUT2D eigenvalue weighted by Crippen LogP contribution is -2.26. The smallest absolute Gasteiger partial charge is 0.252 e. The Balaban J connectivity index is 1.63. The molecule has 0 saturated heterocycles. The summed E-state index contributed by atoms with van der Waals surface area (Å²) in [5.41, 5.74) is 3.45. The molecule has 0 aliphatic carbocycles. The van der Waals surface area contributed by atoms with Crippen molar-refractivity contribution in [3.8, 4) is 11.3 Å². The lowest BCUT2D eigenvalue weighted by molar-refractivity contribution is 0.0955. The highest BCUT2D eigenvalue weighted by Gasteiger charge is 2.17. The molecule has 5 nitrogen and oxygen atoms in total. The Bertz CT molecular complexity index is 1240. The third-order valence-electron chi connectivity index (χ3n) is 4.77. The van der Waals surface area contributed by atoms with E-state index in [4.69, 9.17) is 34.8 Å². The normalized spacial score (nSPS) is 11.1. The number of nitrogens with one attached hydrogen (secondary N) is 1. The van der Waals surface area contributed by atoms with Gasteiger partial charge in [0, 0.05) is 29.2 Å². The van der Waals surface area contributed by atoms with Gasteiger partial charge in [0.25, 0.3) is 5.91 Å². The number of rotatable bonds is 5. The minimum atomic E-state index is -0.198. The van der Waals surface area contributed by atoms with Gasteiger partial charge in [-0.1, -0.05) is 46.9 Å². The van der Waals surface area contributed by atoms with E-state index in [1.807, 2.05) is 24.3 Å². The highest BCUT2D eigenvalue weighted by molar-refractivity contribution is 6.36. The molecule has 8 heteroatoms. The topological polar surface area (TPSA) is 59.8 Å². The molecule has 0 radical (unpaired) electrons. The van der Waals surface area contributed by atoms with E-state index in [-0.39, 0.29) is 5.91 Å². The summed E-state index contributed by atoms with van der Waals surface area (Å²) in [6, 6.07) is 14.5. The first kappa shape index (κ1) is 20.7. The molecule has 0 fully saturated rings. The minimum absolute atomic E-state index is 0.198. The molecule has 0 aliphatic heterocycles. The molecule has 0 saturated carbocycles. The summed E-state index contributed by atoms with van der Waals surface area (Å²) >= 11 is 18.3. The second-order valence-electron chi connectivity index (χ2n) is 6.82. The number of amides is 1. The zero-order chi connectivity index (χ0) is 21.3. The molecule has 2 heterocycles. The molecule has 2 aromatic heterocycles. The predicted molar refractivity (Wildman–Crippen MR) is 121 cm³/mol. The van der Waals surface area contributed by atoms with Gasteiger partial charge in [-0.15, -0.1) is 0 Å². The first-order valence-corrected chi connectivity index (χ1v) is 10.4. The number of fused-ring (bicyclic) bond motifs is 1. The van der Waals surface area contributed by atoms with Crippen molar-refractivity contribution in [1.29, 1.82) is 0 Å². The number of hydrogen-bond acceptors (Lipinski definition) is 3. The maximum atomic E-state index is 13.0. The average molecular weight is 460 g/mol. The van der Waals surface area contributed by atoms with Crippen molar-refractivity contribution < 1.29 is 4.79 Å². The van der Waals surface area contributed by atoms with E-state index in [0.717, 1.165) is 5.56 Å². The molecule has 2 aromatic carbocycles. The van der Waals surface area contributed by atoms with Crippen LogP contribution < -0.4 is 5.32 Å². The summed E-state index contributed by atoms with van der Waals surface area (Å²) < 4.78 is 1.63. The highest BCUT2D eigenvalue weighted by atomic mass is 35.5. The van der Waals surface area contributed by atoms with Crippen LogP contribution in [0.1, 0.15) is 15.9 Å². The summed E-state index contributed by atoms with van der Waals surface area (Å²) in [7, 11) is 1.78. The Kier molecular flexibility index (Phi) is 5.95. The fraction of sp³-hybridized carbons (Fsp3) is 0.136. The molecular weight excluding hydrogens is 443 g/mol. The summed E-state index contributed by atoms with van der Waals surface area (Å²) in [6.45, 7) is 0.488. The van der Waals surface area contributed by atoms with Crippen molar-refractivity contribution in [3.05, 3.63) is 80.9 Å². The van der Waals surface area contributed by atoms with Crippen LogP contribution in [0.15, 0.2) is 54.7 Å². The van der Waals surface area contributed by atoms with Gasteiger partial charge in [0.2, 0.25) is 0 Å². The van der Waals surface area contributed by atoms with Crippen molar-refractivity contribution in [2.45, 2.75) is 6.42 Å². The van der Waals surface area contributed by atoms with Gasteiger partial charge in [-0.05, 0) is 48.4 Å². The van der Waals surface area contributed by atoms with Crippen LogP contribution in [0.3, 0.4) is 0 Å². The number of carbonyl (C=O) groups excluding carboxylic acids is 1. The van der Waals surface area contributed by atoms with E-state index >= 15 is 0 Å². The molecule has 152 valence electrons. The van der Waals surface area contributed by atoms with Crippen molar-refractivity contribution in [3.63, 3.8) is 0 Å². The van der Waals surface area contributed by atoms with Gasteiger partial charge in [0.05, 0.1) is 27.9 Å². The van der Waals surface area contributed by atoms with E-state index in [0.29, 0.717) is 55.9 Å². The quantitative estimate of drug-likeness (QED) is 0.424. The van der Waals surface area contributed by atoms with Gasteiger partial charge in [-0.2, -0.15) is 5.10 Å². The molecule has 4 aromatic rings. The predicted octanol–water partition coefficient (Wildman–Crippen LogP) is 5.57. The molecule has 0 spiro atoms. The number of aryl methyl sites for hydroxylation is 1. The second kappa shape index (κ2) is 8.64. The molecule has 0 unspecified atom stereocenters. The zero-order valence-electron chi connectivity index (χ0n) is 16.0. The van der Waals surface area contributed by atoms with Gasteiger partial charge in [0.1, 0.15) is 0 Å². The van der Waals surface area contributed by atoms with Crippen LogP contribution in [0.2, 0.25) is 15.1 Å². The number of aromatic nitrogens is 3. The van der Waals surface area contributed by atoms with Crippen LogP contribution in [-0.2, 0) is 13.5 Å². The van der Waals surface area contributed by atoms with Crippen molar-refractivity contribution in [2.75, 3.05) is 6.54 Å². The van der Waals surface area contributed by atoms with Crippen molar-refractivity contribution in [1.82, 2.24) is 20.1 Å². The number of carbonyl (C=O) groups is 1. The Hall–Kier alpha value is -2.60. The number of nitrogens with zero attached hydrogens (tertiary/aromatic N) is 3. The largest absolute Gasteiger partial charge is 0.352 e. The first-order chi connectivity index (χ1) is 14.4.